The molecule has 1 N–H and O–H groups in total. The smallest absolute Gasteiger partial charge is 0.193 e. The molecule has 2 rings (SSSR count). The molecule has 0 spiro atoms. The highest BCUT2D eigenvalue weighted by molar-refractivity contribution is 9.10. The third kappa shape index (κ3) is 6.42. The number of hydrogen-bond donors (Lipinski definition) is 1. The van der Waals surface area contributed by atoms with Crippen LogP contribution in [0.1, 0.15) is 18.9 Å². The second-order valence-electron chi connectivity index (χ2n) is 5.99. The van der Waals surface area contributed by atoms with E-state index in [1.165, 1.54) is 5.56 Å². The van der Waals surface area contributed by atoms with Crippen LogP contribution in [0.15, 0.2) is 33.7 Å². The number of nitrogens with zero attached hydrogens (tertiary/aromatic N) is 3. The highest BCUT2D eigenvalue weighted by Gasteiger charge is 2.10. The predicted molar refractivity (Wildman–Crippen MR) is 103 cm³/mol. The first kappa shape index (κ1) is 19.2. The molecule has 1 fully saturated rings. The van der Waals surface area contributed by atoms with Gasteiger partial charge in [-0.05, 0) is 25.0 Å². The van der Waals surface area contributed by atoms with Crippen LogP contribution in [-0.4, -0.2) is 68.7 Å². The van der Waals surface area contributed by atoms with E-state index < -0.39 is 0 Å². The Kier molecular flexibility index (Phi) is 8.56. The lowest BCUT2D eigenvalue weighted by Gasteiger charge is -2.26. The van der Waals surface area contributed by atoms with Gasteiger partial charge in [0, 0.05) is 50.8 Å². The van der Waals surface area contributed by atoms with E-state index >= 15 is 0 Å². The summed E-state index contributed by atoms with van der Waals surface area (Å²) in [4.78, 5) is 9.42. The van der Waals surface area contributed by atoms with Crippen molar-refractivity contribution in [1.29, 1.82) is 0 Å². The zero-order valence-corrected chi connectivity index (χ0v) is 16.4. The molecule has 0 atom stereocenters. The van der Waals surface area contributed by atoms with E-state index in [1.807, 2.05) is 6.07 Å². The average Bonchev–Trinajstić information content (AvgIpc) is 2.60. The lowest BCUT2D eigenvalue weighted by Crippen LogP contribution is -2.39. The third-order valence-electron chi connectivity index (χ3n) is 4.06. The molecule has 5 nitrogen and oxygen atoms in total. The molecule has 0 aliphatic carbocycles. The standard InChI is InChI=1S/C18H29BrN4O/c1-3-20-18(21-9-6-10-23-11-13-24-14-12-23)22(2)15-16-7-4-5-8-17(16)19/h4-5,7-8H,3,6,9-15H2,1-2H3,(H,20,21). The second-order valence-corrected chi connectivity index (χ2v) is 6.85. The number of rotatable bonds is 7. The molecule has 1 aromatic rings. The van der Waals surface area contributed by atoms with E-state index in [1.54, 1.807) is 0 Å². The Morgan fingerprint density at radius 3 is 2.79 bits per heavy atom. The Morgan fingerprint density at radius 2 is 2.08 bits per heavy atom. The van der Waals surface area contributed by atoms with Crippen molar-refractivity contribution < 1.29 is 4.74 Å². The summed E-state index contributed by atoms with van der Waals surface area (Å²) in [5.41, 5.74) is 1.26. The summed E-state index contributed by atoms with van der Waals surface area (Å²) in [5.74, 6) is 0.968. The first-order valence-corrected chi connectivity index (χ1v) is 9.53. The van der Waals surface area contributed by atoms with Crippen LogP contribution in [0.3, 0.4) is 0 Å². The largest absolute Gasteiger partial charge is 0.379 e. The molecule has 6 heteroatoms. The van der Waals surface area contributed by atoms with Gasteiger partial charge in [-0.3, -0.25) is 9.89 Å². The first-order chi connectivity index (χ1) is 11.7. The highest BCUT2D eigenvalue weighted by atomic mass is 79.9. The lowest BCUT2D eigenvalue weighted by atomic mass is 10.2. The molecule has 1 aromatic carbocycles. The van der Waals surface area contributed by atoms with Crippen molar-refractivity contribution in [3.05, 3.63) is 34.3 Å². The molecule has 0 aromatic heterocycles. The van der Waals surface area contributed by atoms with Crippen molar-refractivity contribution in [3.63, 3.8) is 0 Å². The van der Waals surface area contributed by atoms with Crippen LogP contribution in [0, 0.1) is 0 Å². The molecule has 0 amide bonds. The number of guanidine groups is 1. The fraction of sp³-hybridized carbons (Fsp3) is 0.611. The minimum atomic E-state index is 0.830. The number of benzene rings is 1. The van der Waals surface area contributed by atoms with Crippen LogP contribution in [-0.2, 0) is 11.3 Å². The summed E-state index contributed by atoms with van der Waals surface area (Å²) >= 11 is 3.62. The molecule has 1 aliphatic heterocycles. The monoisotopic (exact) mass is 396 g/mol. The van der Waals surface area contributed by atoms with Crippen LogP contribution in [0.25, 0.3) is 0 Å². The summed E-state index contributed by atoms with van der Waals surface area (Å²) < 4.78 is 6.52. The zero-order valence-electron chi connectivity index (χ0n) is 14.8. The lowest BCUT2D eigenvalue weighted by molar-refractivity contribution is 0.0377. The third-order valence-corrected chi connectivity index (χ3v) is 4.83. The van der Waals surface area contributed by atoms with E-state index in [-0.39, 0.29) is 0 Å². The Balaban J connectivity index is 1.83. The molecule has 0 radical (unpaired) electrons. The fourth-order valence-electron chi connectivity index (χ4n) is 2.73. The van der Waals surface area contributed by atoms with Gasteiger partial charge in [-0.15, -0.1) is 0 Å². The minimum Gasteiger partial charge on any atom is -0.379 e. The maximum Gasteiger partial charge on any atom is 0.193 e. The summed E-state index contributed by atoms with van der Waals surface area (Å²) in [5, 5.41) is 3.39. The number of nitrogens with one attached hydrogen (secondary N) is 1. The number of hydrogen-bond acceptors (Lipinski definition) is 3. The van der Waals surface area contributed by atoms with E-state index in [2.05, 4.69) is 63.2 Å². The van der Waals surface area contributed by atoms with Crippen molar-refractivity contribution in [3.8, 4) is 0 Å². The van der Waals surface area contributed by atoms with Gasteiger partial charge in [-0.2, -0.15) is 0 Å². The number of morpholine rings is 1. The van der Waals surface area contributed by atoms with Crippen molar-refractivity contribution in [2.45, 2.75) is 19.9 Å². The number of ether oxygens (including phenoxy) is 1. The van der Waals surface area contributed by atoms with Gasteiger partial charge in [0.15, 0.2) is 5.96 Å². The predicted octanol–water partition coefficient (Wildman–Crippen LogP) is 2.57. The fourth-order valence-corrected chi connectivity index (χ4v) is 3.14. The normalized spacial score (nSPS) is 16.2. The molecule has 134 valence electrons. The molecular formula is C18H29BrN4O. The topological polar surface area (TPSA) is 40.1 Å². The summed E-state index contributed by atoms with van der Waals surface area (Å²) in [7, 11) is 2.09. The first-order valence-electron chi connectivity index (χ1n) is 8.73. The Hall–Kier alpha value is -1.11. The van der Waals surface area contributed by atoms with Crippen molar-refractivity contribution >= 4 is 21.9 Å². The molecule has 24 heavy (non-hydrogen) atoms. The van der Waals surface area contributed by atoms with Gasteiger partial charge in [0.05, 0.1) is 13.2 Å². The van der Waals surface area contributed by atoms with Crippen LogP contribution in [0.4, 0.5) is 0 Å². The van der Waals surface area contributed by atoms with Gasteiger partial charge >= 0.3 is 0 Å². The van der Waals surface area contributed by atoms with Crippen LogP contribution in [0.2, 0.25) is 0 Å². The highest BCUT2D eigenvalue weighted by Crippen LogP contribution is 2.17. The SMILES string of the molecule is CCNC(=NCCCN1CCOCC1)N(C)Cc1ccccc1Br. The Bertz CT molecular complexity index is 517. The van der Waals surface area contributed by atoms with E-state index in [0.29, 0.717) is 0 Å². The summed E-state index contributed by atoms with van der Waals surface area (Å²) in [6, 6.07) is 8.33. The summed E-state index contributed by atoms with van der Waals surface area (Å²) in [6.45, 7) is 9.58. The summed E-state index contributed by atoms with van der Waals surface area (Å²) in [6.07, 6.45) is 1.08. The second kappa shape index (κ2) is 10.7. The van der Waals surface area contributed by atoms with Gasteiger partial charge in [-0.25, -0.2) is 0 Å². The number of aliphatic imine (C=N–C) groups is 1. The van der Waals surface area contributed by atoms with E-state index in [9.17, 15) is 0 Å². The molecule has 0 saturated carbocycles. The van der Waals surface area contributed by atoms with Crippen LogP contribution >= 0.6 is 15.9 Å². The Morgan fingerprint density at radius 1 is 1.33 bits per heavy atom. The molecular weight excluding hydrogens is 368 g/mol. The van der Waals surface area contributed by atoms with Crippen molar-refractivity contribution in [1.82, 2.24) is 15.1 Å². The zero-order chi connectivity index (χ0) is 17.2. The van der Waals surface area contributed by atoms with E-state index in [0.717, 1.165) is 69.3 Å². The molecule has 1 saturated heterocycles. The molecule has 0 bridgehead atoms. The Labute approximate surface area is 154 Å². The quantitative estimate of drug-likeness (QED) is 0.436. The van der Waals surface area contributed by atoms with Crippen molar-refractivity contribution in [2.24, 2.45) is 4.99 Å². The maximum absolute atomic E-state index is 5.38. The molecule has 1 heterocycles. The van der Waals surface area contributed by atoms with Gasteiger partial charge in [0.1, 0.15) is 0 Å². The van der Waals surface area contributed by atoms with Crippen molar-refractivity contribution in [2.75, 3.05) is 53.0 Å². The minimum absolute atomic E-state index is 0.830. The van der Waals surface area contributed by atoms with Gasteiger partial charge in [0.25, 0.3) is 0 Å². The number of halogens is 1. The van der Waals surface area contributed by atoms with Gasteiger partial charge < -0.3 is 15.0 Å². The van der Waals surface area contributed by atoms with E-state index in [4.69, 9.17) is 9.73 Å². The van der Waals surface area contributed by atoms with Crippen LogP contribution < -0.4 is 5.32 Å². The molecule has 0 unspecified atom stereocenters. The molecule has 1 aliphatic rings. The maximum atomic E-state index is 5.38. The van der Waals surface area contributed by atoms with Gasteiger partial charge in [-0.1, -0.05) is 34.1 Å². The van der Waals surface area contributed by atoms with Crippen LogP contribution in [0.5, 0.6) is 0 Å². The average molecular weight is 397 g/mol. The van der Waals surface area contributed by atoms with Gasteiger partial charge in [0.2, 0.25) is 0 Å².